The van der Waals surface area contributed by atoms with Gasteiger partial charge < -0.3 is 10.1 Å². The number of nitrogens with one attached hydrogen (secondary N) is 1. The van der Waals surface area contributed by atoms with Gasteiger partial charge >= 0.3 is 6.61 Å². The van der Waals surface area contributed by atoms with Gasteiger partial charge in [0.05, 0.1) is 5.69 Å². The third-order valence-corrected chi connectivity index (χ3v) is 4.85. The van der Waals surface area contributed by atoms with E-state index in [1.807, 2.05) is 24.4 Å². The highest BCUT2D eigenvalue weighted by atomic mass is 19.3. The molecule has 1 saturated heterocycles. The number of benzene rings is 1. The zero-order valence-corrected chi connectivity index (χ0v) is 15.7. The highest BCUT2D eigenvalue weighted by molar-refractivity contribution is 5.76. The smallest absolute Gasteiger partial charge is 0.387 e. The molecule has 1 aromatic heterocycles. The summed E-state index contributed by atoms with van der Waals surface area (Å²) < 4.78 is 28.6. The molecule has 1 N–H and O–H groups in total. The van der Waals surface area contributed by atoms with E-state index in [0.29, 0.717) is 12.8 Å². The van der Waals surface area contributed by atoms with Gasteiger partial charge in [-0.05, 0) is 49.1 Å². The molecule has 0 unspecified atom stereocenters. The molecule has 0 spiro atoms. The van der Waals surface area contributed by atoms with E-state index >= 15 is 0 Å². The van der Waals surface area contributed by atoms with E-state index in [-0.39, 0.29) is 17.7 Å². The maximum absolute atomic E-state index is 12.2. The average Bonchev–Trinajstić information content (AvgIpc) is 2.69. The van der Waals surface area contributed by atoms with Crippen LogP contribution in [0.25, 0.3) is 0 Å². The van der Waals surface area contributed by atoms with Gasteiger partial charge in [0.25, 0.3) is 0 Å². The number of alkyl halides is 2. The minimum atomic E-state index is -2.83. The minimum Gasteiger partial charge on any atom is -0.435 e. The molecule has 2 heterocycles. The fourth-order valence-electron chi connectivity index (χ4n) is 3.35. The predicted molar refractivity (Wildman–Crippen MR) is 102 cm³/mol. The monoisotopic (exact) mass is 389 g/mol. The number of hydrogen-bond donors (Lipinski definition) is 1. The molecule has 150 valence electrons. The Morgan fingerprint density at radius 1 is 1.18 bits per heavy atom. The van der Waals surface area contributed by atoms with Crippen LogP contribution in [-0.2, 0) is 17.8 Å². The van der Waals surface area contributed by atoms with Gasteiger partial charge in [0, 0.05) is 38.3 Å². The van der Waals surface area contributed by atoms with Crippen LogP contribution in [0.3, 0.4) is 0 Å². The number of pyridine rings is 1. The van der Waals surface area contributed by atoms with Gasteiger partial charge in [0.15, 0.2) is 0 Å². The fourth-order valence-corrected chi connectivity index (χ4v) is 3.35. The number of likely N-dealkylation sites (tertiary alicyclic amines) is 1. The summed E-state index contributed by atoms with van der Waals surface area (Å²) in [6, 6.07) is 12.6. The molecule has 1 aromatic carbocycles. The number of aromatic nitrogens is 1. The third-order valence-electron chi connectivity index (χ3n) is 4.85. The first kappa shape index (κ1) is 20.2. The molecule has 1 fully saturated rings. The quantitative estimate of drug-likeness (QED) is 0.752. The van der Waals surface area contributed by atoms with Crippen molar-refractivity contribution in [1.82, 2.24) is 15.2 Å². The summed E-state index contributed by atoms with van der Waals surface area (Å²) in [7, 11) is 0. The summed E-state index contributed by atoms with van der Waals surface area (Å²) >= 11 is 0. The molecule has 0 radical (unpaired) electrons. The standard InChI is InChI=1S/C21H25F2N3O2/c22-21(23)28-19-7-4-16(5-8-19)6-9-20(27)25-17-10-13-26(14-11-17)15-18-3-1-2-12-24-18/h1-5,7-8,12,17,21H,6,9-11,13-15H2,(H,25,27). The molecule has 2 aromatic rings. The Labute approximate surface area is 163 Å². The minimum absolute atomic E-state index is 0.0242. The normalized spacial score (nSPS) is 15.5. The van der Waals surface area contributed by atoms with Crippen LogP contribution in [-0.4, -0.2) is 41.5 Å². The fraction of sp³-hybridized carbons (Fsp3) is 0.429. The number of piperidine rings is 1. The van der Waals surface area contributed by atoms with E-state index < -0.39 is 6.61 Å². The predicted octanol–water partition coefficient (Wildman–Crippen LogP) is 3.40. The number of rotatable bonds is 8. The molecule has 0 aliphatic carbocycles. The summed E-state index contributed by atoms with van der Waals surface area (Å²) in [6.45, 7) is -0.112. The van der Waals surface area contributed by atoms with Crippen LogP contribution >= 0.6 is 0 Å². The first-order chi connectivity index (χ1) is 13.6. The first-order valence-electron chi connectivity index (χ1n) is 9.54. The van der Waals surface area contributed by atoms with Gasteiger partial charge in [-0.3, -0.25) is 14.7 Å². The molecular formula is C21H25F2N3O2. The van der Waals surface area contributed by atoms with Gasteiger partial charge in [-0.2, -0.15) is 8.78 Å². The number of carbonyl (C=O) groups excluding carboxylic acids is 1. The summed E-state index contributed by atoms with van der Waals surface area (Å²) in [5.41, 5.74) is 1.98. The Morgan fingerprint density at radius 2 is 1.93 bits per heavy atom. The maximum atomic E-state index is 12.2. The molecule has 0 atom stereocenters. The molecular weight excluding hydrogens is 364 g/mol. The molecule has 1 aliphatic heterocycles. The van der Waals surface area contributed by atoms with Crippen LogP contribution in [0, 0.1) is 0 Å². The summed E-state index contributed by atoms with van der Waals surface area (Å²) in [4.78, 5) is 18.9. The van der Waals surface area contributed by atoms with Crippen molar-refractivity contribution in [2.45, 2.75) is 44.9 Å². The lowest BCUT2D eigenvalue weighted by atomic mass is 10.0. The van der Waals surface area contributed by atoms with Crippen LogP contribution in [0.1, 0.15) is 30.5 Å². The van der Waals surface area contributed by atoms with Crippen LogP contribution in [0.4, 0.5) is 8.78 Å². The Morgan fingerprint density at radius 3 is 2.57 bits per heavy atom. The molecule has 3 rings (SSSR count). The summed E-state index contributed by atoms with van der Waals surface area (Å²) in [5.74, 6) is 0.150. The van der Waals surface area contributed by atoms with Crippen molar-refractivity contribution in [3.05, 3.63) is 59.9 Å². The second kappa shape index (κ2) is 10.1. The van der Waals surface area contributed by atoms with Crippen LogP contribution in [0.2, 0.25) is 0 Å². The van der Waals surface area contributed by atoms with E-state index in [1.54, 1.807) is 12.1 Å². The number of halogens is 2. The number of hydrogen-bond acceptors (Lipinski definition) is 4. The van der Waals surface area contributed by atoms with E-state index in [2.05, 4.69) is 19.9 Å². The van der Waals surface area contributed by atoms with E-state index in [0.717, 1.165) is 43.7 Å². The van der Waals surface area contributed by atoms with Crippen LogP contribution in [0.5, 0.6) is 5.75 Å². The Hall–Kier alpha value is -2.54. The van der Waals surface area contributed by atoms with Gasteiger partial charge in [0.1, 0.15) is 5.75 Å². The molecule has 0 bridgehead atoms. The van der Waals surface area contributed by atoms with Gasteiger partial charge in [-0.1, -0.05) is 18.2 Å². The molecule has 28 heavy (non-hydrogen) atoms. The topological polar surface area (TPSA) is 54.5 Å². The Bertz CT molecular complexity index is 733. The van der Waals surface area contributed by atoms with Crippen molar-refractivity contribution in [3.63, 3.8) is 0 Å². The molecule has 5 nitrogen and oxygen atoms in total. The zero-order chi connectivity index (χ0) is 19.8. The van der Waals surface area contributed by atoms with Crippen molar-refractivity contribution in [2.75, 3.05) is 13.1 Å². The number of nitrogens with zero attached hydrogens (tertiary/aromatic N) is 2. The lowest BCUT2D eigenvalue weighted by Gasteiger charge is -2.32. The van der Waals surface area contributed by atoms with Crippen molar-refractivity contribution >= 4 is 5.91 Å². The SMILES string of the molecule is O=C(CCc1ccc(OC(F)F)cc1)NC1CCN(Cc2ccccn2)CC1. The van der Waals surface area contributed by atoms with Crippen molar-refractivity contribution < 1.29 is 18.3 Å². The zero-order valence-electron chi connectivity index (χ0n) is 15.7. The second-order valence-corrected chi connectivity index (χ2v) is 6.96. The van der Waals surface area contributed by atoms with Gasteiger partial charge in [-0.25, -0.2) is 0 Å². The van der Waals surface area contributed by atoms with E-state index in [4.69, 9.17) is 0 Å². The summed E-state index contributed by atoms with van der Waals surface area (Å²) in [6.07, 6.45) is 4.61. The van der Waals surface area contributed by atoms with Crippen molar-refractivity contribution in [3.8, 4) is 5.75 Å². The number of amides is 1. The molecule has 1 aliphatic rings. The second-order valence-electron chi connectivity index (χ2n) is 6.96. The van der Waals surface area contributed by atoms with E-state index in [1.165, 1.54) is 12.1 Å². The highest BCUT2D eigenvalue weighted by Crippen LogP contribution is 2.16. The largest absolute Gasteiger partial charge is 0.435 e. The molecule has 0 saturated carbocycles. The maximum Gasteiger partial charge on any atom is 0.387 e. The third kappa shape index (κ3) is 6.56. The first-order valence-corrected chi connectivity index (χ1v) is 9.54. The number of carbonyl (C=O) groups is 1. The molecule has 7 heteroatoms. The molecule has 1 amide bonds. The summed E-state index contributed by atoms with van der Waals surface area (Å²) in [5, 5.41) is 3.11. The van der Waals surface area contributed by atoms with Crippen molar-refractivity contribution in [2.24, 2.45) is 0 Å². The lowest BCUT2D eigenvalue weighted by molar-refractivity contribution is -0.122. The Balaban J connectivity index is 1.35. The van der Waals surface area contributed by atoms with Gasteiger partial charge in [-0.15, -0.1) is 0 Å². The van der Waals surface area contributed by atoms with Gasteiger partial charge in [0.2, 0.25) is 5.91 Å². The number of aryl methyl sites for hydroxylation is 1. The van der Waals surface area contributed by atoms with Crippen molar-refractivity contribution in [1.29, 1.82) is 0 Å². The highest BCUT2D eigenvalue weighted by Gasteiger charge is 2.20. The Kier molecular flexibility index (Phi) is 7.31. The number of ether oxygens (including phenoxy) is 1. The van der Waals surface area contributed by atoms with Crippen LogP contribution in [0.15, 0.2) is 48.7 Å². The average molecular weight is 389 g/mol. The lowest BCUT2D eigenvalue weighted by Crippen LogP contribution is -2.44. The van der Waals surface area contributed by atoms with Crippen LogP contribution < -0.4 is 10.1 Å². The van der Waals surface area contributed by atoms with E-state index in [9.17, 15) is 13.6 Å².